The van der Waals surface area contributed by atoms with Gasteiger partial charge >= 0.3 is 0 Å². The number of unbranched alkanes of at least 4 members (excludes halogenated alkanes) is 2. The van der Waals surface area contributed by atoms with Crippen LogP contribution in [0.5, 0.6) is 0 Å². The van der Waals surface area contributed by atoms with Crippen molar-refractivity contribution in [2.24, 2.45) is 0 Å². The first-order valence-electron chi connectivity index (χ1n) is 7.53. The third-order valence-corrected chi connectivity index (χ3v) is 2.87. The highest BCUT2D eigenvalue weighted by Gasteiger charge is 2.15. The standard InChI is InChI=1S/C14H30O7/c15-5-3-1-2-4-13(17)14(18)12-21-11-10-20-9-8-19-7-6-16/h13-18H,1-12H2. The van der Waals surface area contributed by atoms with E-state index in [1.165, 1.54) is 0 Å². The van der Waals surface area contributed by atoms with E-state index in [2.05, 4.69) is 0 Å². The monoisotopic (exact) mass is 310 g/mol. The Balaban J connectivity index is 3.30. The lowest BCUT2D eigenvalue weighted by atomic mass is 10.1. The van der Waals surface area contributed by atoms with E-state index in [0.717, 1.165) is 19.3 Å². The molecule has 0 aliphatic rings. The SMILES string of the molecule is OCCCCCC(O)C(O)COCCOCCOCCO. The summed E-state index contributed by atoms with van der Waals surface area (Å²) in [6.45, 7) is 2.13. The van der Waals surface area contributed by atoms with E-state index in [0.29, 0.717) is 39.5 Å². The van der Waals surface area contributed by atoms with Crippen molar-refractivity contribution in [1.29, 1.82) is 0 Å². The summed E-state index contributed by atoms with van der Waals surface area (Å²) in [4.78, 5) is 0. The van der Waals surface area contributed by atoms with Gasteiger partial charge in [-0.15, -0.1) is 0 Å². The van der Waals surface area contributed by atoms with Gasteiger partial charge in [0, 0.05) is 6.61 Å². The third kappa shape index (κ3) is 14.4. The maximum atomic E-state index is 9.68. The quantitative estimate of drug-likeness (QED) is 0.279. The van der Waals surface area contributed by atoms with Crippen LogP contribution >= 0.6 is 0 Å². The van der Waals surface area contributed by atoms with Gasteiger partial charge in [-0.25, -0.2) is 0 Å². The van der Waals surface area contributed by atoms with Crippen LogP contribution in [0.4, 0.5) is 0 Å². The maximum absolute atomic E-state index is 9.68. The minimum atomic E-state index is -0.896. The lowest BCUT2D eigenvalue weighted by molar-refractivity contribution is -0.0544. The zero-order chi connectivity index (χ0) is 15.8. The Morgan fingerprint density at radius 3 is 1.86 bits per heavy atom. The molecule has 0 aromatic carbocycles. The molecule has 0 aromatic heterocycles. The molecule has 7 heteroatoms. The Hall–Kier alpha value is -0.280. The van der Waals surface area contributed by atoms with Crippen molar-refractivity contribution in [2.75, 3.05) is 52.9 Å². The normalized spacial score (nSPS) is 14.3. The van der Waals surface area contributed by atoms with Gasteiger partial charge in [-0.05, 0) is 12.8 Å². The van der Waals surface area contributed by atoms with Gasteiger partial charge in [-0.3, -0.25) is 0 Å². The van der Waals surface area contributed by atoms with Gasteiger partial charge in [0.15, 0.2) is 0 Å². The van der Waals surface area contributed by atoms with Crippen LogP contribution in [-0.2, 0) is 14.2 Å². The van der Waals surface area contributed by atoms with Crippen molar-refractivity contribution < 1.29 is 34.6 Å². The Morgan fingerprint density at radius 1 is 0.619 bits per heavy atom. The first-order chi connectivity index (χ1) is 10.2. The molecule has 0 aliphatic carbocycles. The van der Waals surface area contributed by atoms with Crippen molar-refractivity contribution in [3.8, 4) is 0 Å². The van der Waals surface area contributed by atoms with Gasteiger partial charge in [0.2, 0.25) is 0 Å². The van der Waals surface area contributed by atoms with E-state index in [-0.39, 0.29) is 19.8 Å². The van der Waals surface area contributed by atoms with E-state index in [9.17, 15) is 10.2 Å². The molecular formula is C14H30O7. The fourth-order valence-corrected chi connectivity index (χ4v) is 1.65. The predicted molar refractivity (Wildman–Crippen MR) is 77.1 cm³/mol. The zero-order valence-electron chi connectivity index (χ0n) is 12.7. The average Bonchev–Trinajstić information content (AvgIpc) is 2.49. The molecule has 0 spiro atoms. The second-order valence-corrected chi connectivity index (χ2v) is 4.73. The van der Waals surface area contributed by atoms with Crippen molar-refractivity contribution in [1.82, 2.24) is 0 Å². The van der Waals surface area contributed by atoms with Gasteiger partial charge in [0.05, 0.1) is 52.4 Å². The fourth-order valence-electron chi connectivity index (χ4n) is 1.65. The van der Waals surface area contributed by atoms with E-state index in [1.807, 2.05) is 0 Å². The van der Waals surface area contributed by atoms with E-state index in [4.69, 9.17) is 24.4 Å². The van der Waals surface area contributed by atoms with E-state index in [1.54, 1.807) is 0 Å². The molecule has 0 saturated heterocycles. The summed E-state index contributed by atoms with van der Waals surface area (Å²) in [5.74, 6) is 0. The molecule has 0 aliphatic heterocycles. The summed E-state index contributed by atoms with van der Waals surface area (Å²) < 4.78 is 15.4. The predicted octanol–water partition coefficient (Wildman–Crippen LogP) is -0.697. The van der Waals surface area contributed by atoms with E-state index >= 15 is 0 Å². The van der Waals surface area contributed by atoms with Gasteiger partial charge in [-0.2, -0.15) is 0 Å². The van der Waals surface area contributed by atoms with Crippen LogP contribution in [-0.4, -0.2) is 85.5 Å². The Morgan fingerprint density at radius 2 is 1.24 bits per heavy atom. The summed E-state index contributed by atoms with van der Waals surface area (Å²) >= 11 is 0. The minimum Gasteiger partial charge on any atom is -0.396 e. The molecule has 0 amide bonds. The molecule has 128 valence electrons. The molecule has 21 heavy (non-hydrogen) atoms. The summed E-state index contributed by atoms with van der Waals surface area (Å²) in [6, 6.07) is 0. The molecule has 0 fully saturated rings. The van der Waals surface area contributed by atoms with Crippen molar-refractivity contribution in [2.45, 2.75) is 37.9 Å². The van der Waals surface area contributed by atoms with Gasteiger partial charge < -0.3 is 34.6 Å². The third-order valence-electron chi connectivity index (χ3n) is 2.87. The molecule has 2 atom stereocenters. The molecule has 4 N–H and O–H groups in total. The first kappa shape index (κ1) is 20.7. The highest BCUT2D eigenvalue weighted by atomic mass is 16.5. The summed E-state index contributed by atoms with van der Waals surface area (Å²) in [7, 11) is 0. The Kier molecular flexibility index (Phi) is 15.9. The number of hydrogen-bond acceptors (Lipinski definition) is 7. The molecule has 0 bridgehead atoms. The van der Waals surface area contributed by atoms with Crippen LogP contribution in [0, 0.1) is 0 Å². The van der Waals surface area contributed by atoms with Gasteiger partial charge in [0.25, 0.3) is 0 Å². The number of aliphatic hydroxyl groups is 4. The highest BCUT2D eigenvalue weighted by molar-refractivity contribution is 4.66. The number of aliphatic hydroxyl groups excluding tert-OH is 4. The van der Waals surface area contributed by atoms with Gasteiger partial charge in [0.1, 0.15) is 6.10 Å². The van der Waals surface area contributed by atoms with Crippen LogP contribution < -0.4 is 0 Å². The van der Waals surface area contributed by atoms with Crippen LogP contribution in [0.15, 0.2) is 0 Å². The number of rotatable bonds is 16. The molecule has 0 radical (unpaired) electrons. The second kappa shape index (κ2) is 16.1. The topological polar surface area (TPSA) is 109 Å². The smallest absolute Gasteiger partial charge is 0.103 e. The summed E-state index contributed by atoms with van der Waals surface area (Å²) in [5, 5.41) is 36.4. The molecule has 2 unspecified atom stereocenters. The minimum absolute atomic E-state index is 0.00330. The molecule has 0 heterocycles. The summed E-state index contributed by atoms with van der Waals surface area (Å²) in [5.41, 5.74) is 0. The average molecular weight is 310 g/mol. The first-order valence-corrected chi connectivity index (χ1v) is 7.53. The Bertz CT molecular complexity index is 204. The summed E-state index contributed by atoms with van der Waals surface area (Å²) in [6.07, 6.45) is 1.15. The Labute approximate surface area is 126 Å². The molecular weight excluding hydrogens is 280 g/mol. The number of ether oxygens (including phenoxy) is 3. The van der Waals surface area contributed by atoms with Crippen molar-refractivity contribution in [3.63, 3.8) is 0 Å². The fraction of sp³-hybridized carbons (Fsp3) is 1.00. The van der Waals surface area contributed by atoms with Crippen LogP contribution in [0.2, 0.25) is 0 Å². The molecule has 0 rings (SSSR count). The number of hydrogen-bond donors (Lipinski definition) is 4. The zero-order valence-corrected chi connectivity index (χ0v) is 12.7. The van der Waals surface area contributed by atoms with Crippen LogP contribution in [0.1, 0.15) is 25.7 Å². The maximum Gasteiger partial charge on any atom is 0.103 e. The highest BCUT2D eigenvalue weighted by Crippen LogP contribution is 2.07. The van der Waals surface area contributed by atoms with Gasteiger partial charge in [-0.1, -0.05) is 12.8 Å². The second-order valence-electron chi connectivity index (χ2n) is 4.73. The van der Waals surface area contributed by atoms with Crippen molar-refractivity contribution >= 4 is 0 Å². The van der Waals surface area contributed by atoms with Crippen LogP contribution in [0.25, 0.3) is 0 Å². The molecule has 0 aromatic rings. The largest absolute Gasteiger partial charge is 0.396 e. The lowest BCUT2D eigenvalue weighted by Crippen LogP contribution is -2.31. The van der Waals surface area contributed by atoms with Crippen molar-refractivity contribution in [3.05, 3.63) is 0 Å². The molecule has 0 saturated carbocycles. The van der Waals surface area contributed by atoms with Crippen LogP contribution in [0.3, 0.4) is 0 Å². The van der Waals surface area contributed by atoms with E-state index < -0.39 is 12.2 Å². The molecule has 7 nitrogen and oxygen atoms in total. The lowest BCUT2D eigenvalue weighted by Gasteiger charge is -2.17.